The molecule has 2 rings (SSSR count). The summed E-state index contributed by atoms with van der Waals surface area (Å²) in [6.45, 7) is 0.198. The number of aliphatic hydroxyl groups excluding tert-OH is 1. The minimum absolute atomic E-state index is 0.162. The van der Waals surface area contributed by atoms with Crippen molar-refractivity contribution in [3.8, 4) is 0 Å². The number of cyclic esters (lactones) is 1. The van der Waals surface area contributed by atoms with Crippen LogP contribution in [0.1, 0.15) is 0 Å². The maximum Gasteiger partial charge on any atom is 0.414 e. The van der Waals surface area contributed by atoms with E-state index in [1.54, 1.807) is 24.3 Å². The molecule has 0 aromatic heterocycles. The lowest BCUT2D eigenvalue weighted by molar-refractivity contribution is 0.0963. The number of carbonyl (C=O) groups is 1. The predicted molar refractivity (Wildman–Crippen MR) is 55.6 cm³/mol. The van der Waals surface area contributed by atoms with Gasteiger partial charge in [0.2, 0.25) is 0 Å². The molecule has 1 aliphatic rings. The molecule has 1 amide bonds. The van der Waals surface area contributed by atoms with Crippen LogP contribution in [-0.4, -0.2) is 30.5 Å². The molecule has 1 heterocycles. The van der Waals surface area contributed by atoms with Crippen molar-refractivity contribution in [2.45, 2.75) is 6.10 Å². The molecular formula is C10H12N2O3. The molecule has 0 bridgehead atoms. The van der Waals surface area contributed by atoms with Crippen LogP contribution >= 0.6 is 0 Å². The Bertz CT molecular complexity index is 381. The summed E-state index contributed by atoms with van der Waals surface area (Å²) >= 11 is 0. The molecule has 0 saturated carbocycles. The molecule has 3 N–H and O–H groups in total. The van der Waals surface area contributed by atoms with Crippen LogP contribution < -0.4 is 10.6 Å². The molecule has 0 aliphatic carbocycles. The number of hydrogen-bond acceptors (Lipinski definition) is 4. The molecule has 1 aliphatic heterocycles. The van der Waals surface area contributed by atoms with Gasteiger partial charge in [0, 0.05) is 11.4 Å². The molecule has 5 heteroatoms. The lowest BCUT2D eigenvalue weighted by atomic mass is 10.2. The number of nitrogen functional groups attached to an aromatic ring is 1. The second-order valence-corrected chi connectivity index (χ2v) is 3.39. The van der Waals surface area contributed by atoms with Gasteiger partial charge in [-0.2, -0.15) is 0 Å². The van der Waals surface area contributed by atoms with Crippen LogP contribution in [0.2, 0.25) is 0 Å². The van der Waals surface area contributed by atoms with E-state index in [1.165, 1.54) is 4.90 Å². The smallest absolute Gasteiger partial charge is 0.414 e. The van der Waals surface area contributed by atoms with E-state index in [1.807, 2.05) is 0 Å². The van der Waals surface area contributed by atoms with E-state index in [4.69, 9.17) is 15.6 Å². The highest BCUT2D eigenvalue weighted by atomic mass is 16.6. The Morgan fingerprint density at radius 1 is 1.60 bits per heavy atom. The van der Waals surface area contributed by atoms with Gasteiger partial charge in [0.05, 0.1) is 13.2 Å². The zero-order valence-corrected chi connectivity index (χ0v) is 8.09. The zero-order chi connectivity index (χ0) is 10.8. The van der Waals surface area contributed by atoms with Crippen molar-refractivity contribution in [2.75, 3.05) is 23.8 Å². The summed E-state index contributed by atoms with van der Waals surface area (Å²) in [6, 6.07) is 6.98. The van der Waals surface area contributed by atoms with Gasteiger partial charge in [-0.1, -0.05) is 6.07 Å². The number of benzene rings is 1. The van der Waals surface area contributed by atoms with Crippen LogP contribution in [0.25, 0.3) is 0 Å². The molecule has 1 aromatic rings. The van der Waals surface area contributed by atoms with Crippen molar-refractivity contribution < 1.29 is 14.6 Å². The molecule has 0 spiro atoms. The van der Waals surface area contributed by atoms with E-state index >= 15 is 0 Å². The lowest BCUT2D eigenvalue weighted by Gasteiger charge is -2.12. The number of nitrogens with zero attached hydrogens (tertiary/aromatic N) is 1. The highest BCUT2D eigenvalue weighted by Gasteiger charge is 2.31. The van der Waals surface area contributed by atoms with Crippen molar-refractivity contribution >= 4 is 17.5 Å². The third kappa shape index (κ3) is 1.87. The average molecular weight is 208 g/mol. The van der Waals surface area contributed by atoms with Gasteiger partial charge >= 0.3 is 6.09 Å². The predicted octanol–water partition coefficient (Wildman–Crippen LogP) is 0.586. The molecule has 1 unspecified atom stereocenters. The topological polar surface area (TPSA) is 75.8 Å². The number of anilines is 2. The maximum atomic E-state index is 11.4. The van der Waals surface area contributed by atoms with Gasteiger partial charge in [0.25, 0.3) is 0 Å². The van der Waals surface area contributed by atoms with Crippen molar-refractivity contribution in [3.63, 3.8) is 0 Å². The van der Waals surface area contributed by atoms with E-state index in [0.717, 1.165) is 0 Å². The lowest BCUT2D eigenvalue weighted by Crippen LogP contribution is -2.25. The minimum Gasteiger partial charge on any atom is -0.441 e. The Morgan fingerprint density at radius 2 is 2.40 bits per heavy atom. The Kier molecular flexibility index (Phi) is 2.47. The van der Waals surface area contributed by atoms with Crippen LogP contribution in [-0.2, 0) is 4.74 Å². The van der Waals surface area contributed by atoms with Crippen molar-refractivity contribution in [1.82, 2.24) is 0 Å². The quantitative estimate of drug-likeness (QED) is 0.697. The summed E-state index contributed by atoms with van der Waals surface area (Å²) in [5.74, 6) is 0. The monoisotopic (exact) mass is 208 g/mol. The van der Waals surface area contributed by atoms with Crippen molar-refractivity contribution in [3.05, 3.63) is 24.3 Å². The zero-order valence-electron chi connectivity index (χ0n) is 8.09. The summed E-state index contributed by atoms with van der Waals surface area (Å²) in [5.41, 5.74) is 6.89. The van der Waals surface area contributed by atoms with E-state index in [-0.39, 0.29) is 6.61 Å². The standard InChI is InChI=1S/C10H12N2O3/c11-7-2-1-3-8(4-7)12-5-9(6-13)15-10(12)14/h1-4,9,13H,5-6,11H2. The highest BCUT2D eigenvalue weighted by Crippen LogP contribution is 2.22. The molecule has 80 valence electrons. The van der Waals surface area contributed by atoms with Crippen LogP contribution in [0.15, 0.2) is 24.3 Å². The van der Waals surface area contributed by atoms with Gasteiger partial charge in [-0.05, 0) is 18.2 Å². The fourth-order valence-electron chi connectivity index (χ4n) is 1.52. The number of nitrogens with two attached hydrogens (primary N) is 1. The first-order chi connectivity index (χ1) is 7.20. The van der Waals surface area contributed by atoms with Crippen LogP contribution in [0.5, 0.6) is 0 Å². The van der Waals surface area contributed by atoms with Crippen molar-refractivity contribution in [2.24, 2.45) is 0 Å². The molecule has 1 aromatic carbocycles. The first kappa shape index (κ1) is 9.79. The Hall–Kier alpha value is -1.75. The molecular weight excluding hydrogens is 196 g/mol. The molecule has 15 heavy (non-hydrogen) atoms. The third-order valence-corrected chi connectivity index (χ3v) is 2.26. The van der Waals surface area contributed by atoms with E-state index in [2.05, 4.69) is 0 Å². The number of rotatable bonds is 2. The van der Waals surface area contributed by atoms with Gasteiger partial charge < -0.3 is 15.6 Å². The number of carbonyl (C=O) groups excluding carboxylic acids is 1. The summed E-state index contributed by atoms with van der Waals surface area (Å²) in [7, 11) is 0. The Balaban J connectivity index is 2.21. The number of hydrogen-bond donors (Lipinski definition) is 2. The molecule has 1 fully saturated rings. The average Bonchev–Trinajstić information content (AvgIpc) is 2.60. The first-order valence-corrected chi connectivity index (χ1v) is 4.65. The van der Waals surface area contributed by atoms with E-state index in [9.17, 15) is 4.79 Å². The normalized spacial score (nSPS) is 20.5. The van der Waals surface area contributed by atoms with E-state index < -0.39 is 12.2 Å². The maximum absolute atomic E-state index is 11.4. The summed E-state index contributed by atoms with van der Waals surface area (Å²) < 4.78 is 4.91. The van der Waals surface area contributed by atoms with Crippen LogP contribution in [0.3, 0.4) is 0 Å². The number of ether oxygens (including phenoxy) is 1. The third-order valence-electron chi connectivity index (χ3n) is 2.26. The van der Waals surface area contributed by atoms with Gasteiger partial charge in [0.1, 0.15) is 6.10 Å². The first-order valence-electron chi connectivity index (χ1n) is 4.65. The highest BCUT2D eigenvalue weighted by molar-refractivity contribution is 5.90. The summed E-state index contributed by atoms with van der Waals surface area (Å²) in [4.78, 5) is 12.9. The largest absolute Gasteiger partial charge is 0.441 e. The van der Waals surface area contributed by atoms with Gasteiger partial charge in [-0.25, -0.2) is 4.79 Å². The molecule has 1 atom stereocenters. The van der Waals surface area contributed by atoms with Gasteiger partial charge in [0.15, 0.2) is 0 Å². The Labute approximate surface area is 87.1 Å². The Morgan fingerprint density at radius 3 is 3.00 bits per heavy atom. The fourth-order valence-corrected chi connectivity index (χ4v) is 1.52. The second kappa shape index (κ2) is 3.78. The van der Waals surface area contributed by atoms with Crippen LogP contribution in [0, 0.1) is 0 Å². The SMILES string of the molecule is Nc1cccc(N2CC(CO)OC2=O)c1. The summed E-state index contributed by atoms with van der Waals surface area (Å²) in [6.07, 6.45) is -0.890. The molecule has 1 saturated heterocycles. The molecule has 0 radical (unpaired) electrons. The van der Waals surface area contributed by atoms with Crippen molar-refractivity contribution in [1.29, 1.82) is 0 Å². The second-order valence-electron chi connectivity index (χ2n) is 3.39. The fraction of sp³-hybridized carbons (Fsp3) is 0.300. The van der Waals surface area contributed by atoms with Gasteiger partial charge in [-0.15, -0.1) is 0 Å². The summed E-state index contributed by atoms with van der Waals surface area (Å²) in [5, 5.41) is 8.87. The number of amides is 1. The van der Waals surface area contributed by atoms with Gasteiger partial charge in [-0.3, -0.25) is 4.90 Å². The number of aliphatic hydroxyl groups is 1. The minimum atomic E-state index is -0.445. The van der Waals surface area contributed by atoms with Crippen LogP contribution in [0.4, 0.5) is 16.2 Å². The molecule has 5 nitrogen and oxygen atoms in total. The van der Waals surface area contributed by atoms with E-state index in [0.29, 0.717) is 17.9 Å².